The lowest BCUT2D eigenvalue weighted by Crippen LogP contribution is -1.81. The normalized spacial score (nSPS) is 10.8. The number of ether oxygens (including phenoxy) is 1. The first-order valence-electron chi connectivity index (χ1n) is 5.85. The van der Waals surface area contributed by atoms with Gasteiger partial charge < -0.3 is 9.72 Å². The number of nitrogens with one attached hydrogen (secondary N) is 1. The standard InChI is InChI=1S/C15H12ClNOS/c1-18-11-4-7-13-14(8-11)17-9-15(13)19-12-5-2-10(16)3-6-12/h2-9,17H,1H3. The molecule has 0 saturated carbocycles. The third-order valence-electron chi connectivity index (χ3n) is 2.89. The van der Waals surface area contributed by atoms with Gasteiger partial charge in [-0.25, -0.2) is 0 Å². The Hall–Kier alpha value is -1.58. The molecule has 0 aliphatic heterocycles. The smallest absolute Gasteiger partial charge is 0.120 e. The van der Waals surface area contributed by atoms with Crippen LogP contribution in [-0.2, 0) is 0 Å². The Kier molecular flexibility index (Phi) is 3.40. The van der Waals surface area contributed by atoms with E-state index in [0.29, 0.717) is 0 Å². The summed E-state index contributed by atoms with van der Waals surface area (Å²) in [6, 6.07) is 13.9. The quantitative estimate of drug-likeness (QED) is 0.735. The van der Waals surface area contributed by atoms with Crippen molar-refractivity contribution in [2.75, 3.05) is 7.11 Å². The Morgan fingerprint density at radius 1 is 1.11 bits per heavy atom. The molecule has 0 spiro atoms. The molecule has 19 heavy (non-hydrogen) atoms. The van der Waals surface area contributed by atoms with Crippen molar-refractivity contribution in [1.82, 2.24) is 4.98 Å². The van der Waals surface area contributed by atoms with Crippen LogP contribution in [0.25, 0.3) is 10.9 Å². The van der Waals surface area contributed by atoms with Gasteiger partial charge in [0.2, 0.25) is 0 Å². The number of aromatic nitrogens is 1. The summed E-state index contributed by atoms with van der Waals surface area (Å²) >= 11 is 7.61. The molecule has 0 aliphatic carbocycles. The molecule has 1 heterocycles. The van der Waals surface area contributed by atoms with Crippen molar-refractivity contribution >= 4 is 34.3 Å². The van der Waals surface area contributed by atoms with E-state index in [-0.39, 0.29) is 0 Å². The maximum atomic E-state index is 5.89. The molecule has 96 valence electrons. The van der Waals surface area contributed by atoms with Crippen LogP contribution in [-0.4, -0.2) is 12.1 Å². The summed E-state index contributed by atoms with van der Waals surface area (Å²) in [4.78, 5) is 5.63. The molecule has 0 aliphatic rings. The average molecular weight is 290 g/mol. The number of aromatic amines is 1. The van der Waals surface area contributed by atoms with Crippen LogP contribution < -0.4 is 4.74 Å². The van der Waals surface area contributed by atoms with E-state index in [4.69, 9.17) is 16.3 Å². The summed E-state index contributed by atoms with van der Waals surface area (Å²) in [7, 11) is 1.67. The second kappa shape index (κ2) is 5.19. The van der Waals surface area contributed by atoms with Crippen LogP contribution in [0.4, 0.5) is 0 Å². The highest BCUT2D eigenvalue weighted by Crippen LogP contribution is 2.35. The first-order chi connectivity index (χ1) is 9.26. The second-order valence-electron chi connectivity index (χ2n) is 4.12. The molecule has 0 fully saturated rings. The first-order valence-corrected chi connectivity index (χ1v) is 7.04. The van der Waals surface area contributed by atoms with Crippen molar-refractivity contribution in [3.05, 3.63) is 53.7 Å². The van der Waals surface area contributed by atoms with Crippen molar-refractivity contribution in [1.29, 1.82) is 0 Å². The van der Waals surface area contributed by atoms with E-state index in [1.54, 1.807) is 18.9 Å². The van der Waals surface area contributed by atoms with E-state index in [0.717, 1.165) is 16.3 Å². The maximum Gasteiger partial charge on any atom is 0.120 e. The van der Waals surface area contributed by atoms with Gasteiger partial charge in [-0.1, -0.05) is 23.4 Å². The Labute approximate surface area is 120 Å². The Morgan fingerprint density at radius 3 is 2.63 bits per heavy atom. The maximum absolute atomic E-state index is 5.89. The number of H-pyrrole nitrogens is 1. The van der Waals surface area contributed by atoms with Crippen molar-refractivity contribution in [3.8, 4) is 5.75 Å². The van der Waals surface area contributed by atoms with Crippen LogP contribution in [0.5, 0.6) is 5.75 Å². The zero-order valence-electron chi connectivity index (χ0n) is 10.3. The molecular formula is C15H12ClNOS. The fourth-order valence-electron chi connectivity index (χ4n) is 1.92. The van der Waals surface area contributed by atoms with Gasteiger partial charge in [0.25, 0.3) is 0 Å². The molecular weight excluding hydrogens is 278 g/mol. The van der Waals surface area contributed by atoms with Crippen molar-refractivity contribution < 1.29 is 4.74 Å². The van der Waals surface area contributed by atoms with Gasteiger partial charge in [0.15, 0.2) is 0 Å². The minimum absolute atomic E-state index is 0.757. The third kappa shape index (κ3) is 2.57. The minimum Gasteiger partial charge on any atom is -0.497 e. The van der Waals surface area contributed by atoms with E-state index in [9.17, 15) is 0 Å². The lowest BCUT2D eigenvalue weighted by atomic mass is 10.2. The number of halogens is 1. The SMILES string of the molecule is COc1ccc2c(Sc3ccc(Cl)cc3)c[nH]c2c1. The van der Waals surface area contributed by atoms with E-state index in [1.165, 1.54) is 15.2 Å². The van der Waals surface area contributed by atoms with Crippen molar-refractivity contribution in [2.24, 2.45) is 0 Å². The summed E-state index contributed by atoms with van der Waals surface area (Å²) < 4.78 is 5.22. The Bertz CT molecular complexity index is 706. The number of hydrogen-bond donors (Lipinski definition) is 1. The fourth-order valence-corrected chi connectivity index (χ4v) is 2.98. The van der Waals surface area contributed by atoms with Gasteiger partial charge in [-0.3, -0.25) is 0 Å². The number of hydrogen-bond acceptors (Lipinski definition) is 2. The summed E-state index contributed by atoms with van der Waals surface area (Å²) in [6.45, 7) is 0. The predicted molar refractivity (Wildman–Crippen MR) is 80.4 cm³/mol. The molecule has 1 aromatic heterocycles. The molecule has 3 rings (SSSR count). The van der Waals surface area contributed by atoms with Crippen LogP contribution in [0.2, 0.25) is 5.02 Å². The van der Waals surface area contributed by atoms with Crippen LogP contribution in [0.3, 0.4) is 0 Å². The average Bonchev–Trinajstić information content (AvgIpc) is 2.83. The van der Waals surface area contributed by atoms with Crippen molar-refractivity contribution in [2.45, 2.75) is 9.79 Å². The zero-order chi connectivity index (χ0) is 13.2. The zero-order valence-corrected chi connectivity index (χ0v) is 11.9. The van der Waals surface area contributed by atoms with Gasteiger partial charge >= 0.3 is 0 Å². The fraction of sp³-hybridized carbons (Fsp3) is 0.0667. The van der Waals surface area contributed by atoms with Gasteiger partial charge in [0, 0.05) is 32.5 Å². The molecule has 0 saturated heterocycles. The van der Waals surface area contributed by atoms with Gasteiger partial charge in [-0.15, -0.1) is 0 Å². The van der Waals surface area contributed by atoms with Gasteiger partial charge in [0.1, 0.15) is 5.75 Å². The molecule has 0 unspecified atom stereocenters. The second-order valence-corrected chi connectivity index (χ2v) is 5.67. The number of benzene rings is 2. The third-order valence-corrected chi connectivity index (χ3v) is 4.21. The lowest BCUT2D eigenvalue weighted by Gasteiger charge is -2.02. The first kappa shape index (κ1) is 12.5. The van der Waals surface area contributed by atoms with Crippen LogP contribution in [0.15, 0.2) is 58.5 Å². The van der Waals surface area contributed by atoms with E-state index >= 15 is 0 Å². The monoisotopic (exact) mass is 289 g/mol. The molecule has 0 radical (unpaired) electrons. The number of methoxy groups -OCH3 is 1. The van der Waals surface area contributed by atoms with E-state index in [1.807, 2.05) is 42.6 Å². The molecule has 0 amide bonds. The van der Waals surface area contributed by atoms with Crippen LogP contribution in [0.1, 0.15) is 0 Å². The summed E-state index contributed by atoms with van der Waals surface area (Å²) in [6.07, 6.45) is 2.02. The molecule has 2 nitrogen and oxygen atoms in total. The molecule has 0 atom stereocenters. The number of rotatable bonds is 3. The largest absolute Gasteiger partial charge is 0.497 e. The number of fused-ring (bicyclic) bond motifs is 1. The molecule has 1 N–H and O–H groups in total. The molecule has 3 aromatic rings. The van der Waals surface area contributed by atoms with E-state index in [2.05, 4.69) is 11.1 Å². The van der Waals surface area contributed by atoms with Gasteiger partial charge in [-0.2, -0.15) is 0 Å². The van der Waals surface area contributed by atoms with E-state index < -0.39 is 0 Å². The summed E-state index contributed by atoms with van der Waals surface area (Å²) in [5.74, 6) is 0.859. The van der Waals surface area contributed by atoms with Gasteiger partial charge in [0.05, 0.1) is 12.6 Å². The highest BCUT2D eigenvalue weighted by atomic mass is 35.5. The highest BCUT2D eigenvalue weighted by molar-refractivity contribution is 7.99. The van der Waals surface area contributed by atoms with Gasteiger partial charge in [-0.05, 0) is 36.4 Å². The Morgan fingerprint density at radius 2 is 1.89 bits per heavy atom. The van der Waals surface area contributed by atoms with Crippen LogP contribution >= 0.6 is 23.4 Å². The Balaban J connectivity index is 1.95. The highest BCUT2D eigenvalue weighted by Gasteiger charge is 2.06. The molecule has 4 heteroatoms. The van der Waals surface area contributed by atoms with Crippen LogP contribution in [0, 0.1) is 0 Å². The molecule has 0 bridgehead atoms. The topological polar surface area (TPSA) is 25.0 Å². The van der Waals surface area contributed by atoms with Crippen molar-refractivity contribution in [3.63, 3.8) is 0 Å². The predicted octanol–water partition coefficient (Wildman–Crippen LogP) is 4.98. The summed E-state index contributed by atoms with van der Waals surface area (Å²) in [5, 5.41) is 1.95. The minimum atomic E-state index is 0.757. The lowest BCUT2D eigenvalue weighted by molar-refractivity contribution is 0.415. The summed E-state index contributed by atoms with van der Waals surface area (Å²) in [5.41, 5.74) is 1.08. The molecule has 2 aromatic carbocycles.